The van der Waals surface area contributed by atoms with Gasteiger partial charge in [-0.05, 0) is 56.2 Å². The van der Waals surface area contributed by atoms with Gasteiger partial charge in [-0.1, -0.05) is 43.0 Å². The van der Waals surface area contributed by atoms with E-state index in [0.29, 0.717) is 0 Å². The van der Waals surface area contributed by atoms with E-state index in [-0.39, 0.29) is 6.10 Å². The fraction of sp³-hybridized carbons (Fsp3) is 0.684. The van der Waals surface area contributed by atoms with Crippen molar-refractivity contribution in [1.82, 2.24) is 4.90 Å². The minimum absolute atomic E-state index is 0.343. The van der Waals surface area contributed by atoms with Crippen LogP contribution in [0.15, 0.2) is 18.2 Å². The molecule has 1 aliphatic carbocycles. The second kappa shape index (κ2) is 6.50. The molecule has 1 aliphatic heterocycles. The normalized spacial score (nSPS) is 28.1. The third-order valence-electron chi connectivity index (χ3n) is 5.60. The molecule has 0 aromatic heterocycles. The second-order valence-corrected chi connectivity index (χ2v) is 7.23. The summed E-state index contributed by atoms with van der Waals surface area (Å²) in [4.78, 5) is 2.50. The molecule has 1 heterocycles. The third kappa shape index (κ3) is 3.49. The van der Waals surface area contributed by atoms with Gasteiger partial charge in [0.25, 0.3) is 0 Å². The highest BCUT2D eigenvalue weighted by Crippen LogP contribution is 2.36. The van der Waals surface area contributed by atoms with Crippen molar-refractivity contribution in [3.63, 3.8) is 0 Å². The first-order chi connectivity index (χ1) is 10.1. The number of likely N-dealkylation sites (tertiary alicyclic amines) is 1. The van der Waals surface area contributed by atoms with Crippen molar-refractivity contribution in [2.45, 2.75) is 52.1 Å². The Kier molecular flexibility index (Phi) is 4.66. The van der Waals surface area contributed by atoms with Crippen molar-refractivity contribution in [3.8, 4) is 0 Å². The van der Waals surface area contributed by atoms with Crippen LogP contribution in [0.5, 0.6) is 0 Å². The van der Waals surface area contributed by atoms with Crippen molar-refractivity contribution >= 4 is 0 Å². The summed E-state index contributed by atoms with van der Waals surface area (Å²) < 4.78 is 0. The van der Waals surface area contributed by atoms with Gasteiger partial charge in [0.15, 0.2) is 0 Å². The van der Waals surface area contributed by atoms with Gasteiger partial charge in [-0.15, -0.1) is 0 Å². The molecule has 2 heteroatoms. The van der Waals surface area contributed by atoms with Crippen molar-refractivity contribution < 1.29 is 5.11 Å². The molecular formula is C19H29NO. The molecule has 1 aromatic carbocycles. The quantitative estimate of drug-likeness (QED) is 0.913. The fourth-order valence-electron chi connectivity index (χ4n) is 4.30. The molecule has 1 saturated carbocycles. The Balaban J connectivity index is 1.62. The van der Waals surface area contributed by atoms with Crippen LogP contribution in [0, 0.1) is 25.7 Å². The maximum Gasteiger partial charge on any atom is 0.0919 e. The second-order valence-electron chi connectivity index (χ2n) is 7.23. The zero-order chi connectivity index (χ0) is 14.8. The SMILES string of the molecule is Cc1ccc(C)c(C(O)CN2CCC3CCCCC3C2)c1. The molecular weight excluding hydrogens is 258 g/mol. The minimum Gasteiger partial charge on any atom is -0.387 e. The lowest BCUT2D eigenvalue weighted by Crippen LogP contribution is -2.43. The van der Waals surface area contributed by atoms with Gasteiger partial charge in [0.1, 0.15) is 0 Å². The summed E-state index contributed by atoms with van der Waals surface area (Å²) in [7, 11) is 0. The summed E-state index contributed by atoms with van der Waals surface area (Å²) in [5.74, 6) is 1.85. The number of hydrogen-bond donors (Lipinski definition) is 1. The lowest BCUT2D eigenvalue weighted by Gasteiger charge is -2.42. The molecule has 3 atom stereocenters. The van der Waals surface area contributed by atoms with E-state index in [1.807, 2.05) is 0 Å². The van der Waals surface area contributed by atoms with Crippen LogP contribution in [0.3, 0.4) is 0 Å². The number of aliphatic hydroxyl groups excluding tert-OH is 1. The minimum atomic E-state index is -0.343. The van der Waals surface area contributed by atoms with Crippen LogP contribution >= 0.6 is 0 Å². The Morgan fingerprint density at radius 1 is 1.14 bits per heavy atom. The number of piperidine rings is 1. The summed E-state index contributed by atoms with van der Waals surface area (Å²) >= 11 is 0. The Labute approximate surface area is 129 Å². The molecule has 2 aliphatic rings. The molecule has 0 bridgehead atoms. The van der Waals surface area contributed by atoms with Crippen LogP contribution in [0.25, 0.3) is 0 Å². The smallest absolute Gasteiger partial charge is 0.0919 e. The predicted octanol–water partition coefficient (Wildman–Crippen LogP) is 3.85. The van der Waals surface area contributed by atoms with E-state index in [1.54, 1.807) is 0 Å². The molecule has 1 aromatic rings. The molecule has 3 rings (SSSR count). The summed E-state index contributed by atoms with van der Waals surface area (Å²) in [6, 6.07) is 6.40. The average molecular weight is 287 g/mol. The summed E-state index contributed by atoms with van der Waals surface area (Å²) in [5.41, 5.74) is 3.56. The van der Waals surface area contributed by atoms with Gasteiger partial charge in [-0.25, -0.2) is 0 Å². The van der Waals surface area contributed by atoms with Gasteiger partial charge < -0.3 is 10.0 Å². The maximum atomic E-state index is 10.6. The molecule has 0 spiro atoms. The molecule has 1 N–H and O–H groups in total. The summed E-state index contributed by atoms with van der Waals surface area (Å²) in [6.45, 7) is 7.37. The average Bonchev–Trinajstić information content (AvgIpc) is 2.49. The number of benzene rings is 1. The number of aliphatic hydroxyl groups is 1. The molecule has 2 fully saturated rings. The molecule has 0 amide bonds. The number of β-amino-alcohol motifs (C(OH)–C–C–N with tert-alkyl or cyclic N) is 1. The molecule has 2 nitrogen and oxygen atoms in total. The molecule has 0 radical (unpaired) electrons. The number of fused-ring (bicyclic) bond motifs is 1. The highest BCUT2D eigenvalue weighted by atomic mass is 16.3. The van der Waals surface area contributed by atoms with Crippen molar-refractivity contribution in [3.05, 3.63) is 34.9 Å². The van der Waals surface area contributed by atoms with Crippen LogP contribution in [-0.2, 0) is 0 Å². The number of rotatable bonds is 3. The van der Waals surface area contributed by atoms with Crippen molar-refractivity contribution in [1.29, 1.82) is 0 Å². The number of nitrogens with zero attached hydrogens (tertiary/aromatic N) is 1. The van der Waals surface area contributed by atoms with Crippen molar-refractivity contribution in [2.24, 2.45) is 11.8 Å². The summed E-state index contributed by atoms with van der Waals surface area (Å²) in [5, 5.41) is 10.6. The summed E-state index contributed by atoms with van der Waals surface area (Å²) in [6.07, 6.45) is 6.69. The monoisotopic (exact) mass is 287 g/mol. The predicted molar refractivity (Wildman–Crippen MR) is 87.4 cm³/mol. The Hall–Kier alpha value is -0.860. The van der Waals surface area contributed by atoms with Gasteiger partial charge in [-0.2, -0.15) is 0 Å². The van der Waals surface area contributed by atoms with Gasteiger partial charge in [0.2, 0.25) is 0 Å². The zero-order valence-electron chi connectivity index (χ0n) is 13.5. The van der Waals surface area contributed by atoms with Crippen LogP contribution in [0.4, 0.5) is 0 Å². The van der Waals surface area contributed by atoms with Gasteiger partial charge >= 0.3 is 0 Å². The lowest BCUT2D eigenvalue weighted by atomic mass is 9.75. The highest BCUT2D eigenvalue weighted by Gasteiger charge is 2.31. The first-order valence-electron chi connectivity index (χ1n) is 8.61. The van der Waals surface area contributed by atoms with Crippen LogP contribution in [0.1, 0.15) is 54.9 Å². The lowest BCUT2D eigenvalue weighted by molar-refractivity contribution is 0.0458. The van der Waals surface area contributed by atoms with Crippen LogP contribution in [-0.4, -0.2) is 29.6 Å². The standard InChI is InChI=1S/C19H29NO/c1-14-7-8-15(2)18(11-14)19(21)13-20-10-9-16-5-3-4-6-17(16)12-20/h7-8,11,16-17,19,21H,3-6,9-10,12-13H2,1-2H3. The molecule has 1 saturated heterocycles. The van der Waals surface area contributed by atoms with E-state index in [2.05, 4.69) is 36.9 Å². The Morgan fingerprint density at radius 3 is 2.71 bits per heavy atom. The Bertz CT molecular complexity index is 484. The van der Waals surface area contributed by atoms with Gasteiger partial charge in [0.05, 0.1) is 6.10 Å². The van der Waals surface area contributed by atoms with Crippen LogP contribution in [0.2, 0.25) is 0 Å². The van der Waals surface area contributed by atoms with E-state index >= 15 is 0 Å². The van der Waals surface area contributed by atoms with E-state index in [9.17, 15) is 5.11 Å². The van der Waals surface area contributed by atoms with Gasteiger partial charge in [-0.3, -0.25) is 0 Å². The van der Waals surface area contributed by atoms with Gasteiger partial charge in [0, 0.05) is 13.1 Å². The molecule has 3 unspecified atom stereocenters. The van der Waals surface area contributed by atoms with E-state index < -0.39 is 0 Å². The third-order valence-corrected chi connectivity index (χ3v) is 5.60. The van der Waals surface area contributed by atoms with E-state index in [1.165, 1.54) is 56.3 Å². The zero-order valence-corrected chi connectivity index (χ0v) is 13.5. The highest BCUT2D eigenvalue weighted by molar-refractivity contribution is 5.32. The van der Waals surface area contributed by atoms with E-state index in [0.717, 1.165) is 23.9 Å². The fourth-order valence-corrected chi connectivity index (χ4v) is 4.30. The van der Waals surface area contributed by atoms with E-state index in [4.69, 9.17) is 0 Å². The maximum absolute atomic E-state index is 10.6. The van der Waals surface area contributed by atoms with Crippen molar-refractivity contribution in [2.75, 3.05) is 19.6 Å². The molecule has 21 heavy (non-hydrogen) atoms. The topological polar surface area (TPSA) is 23.5 Å². The largest absolute Gasteiger partial charge is 0.387 e. The number of hydrogen-bond acceptors (Lipinski definition) is 2. The Morgan fingerprint density at radius 2 is 1.90 bits per heavy atom. The van der Waals surface area contributed by atoms with Crippen LogP contribution < -0.4 is 0 Å². The number of aryl methyl sites for hydroxylation is 2. The molecule has 116 valence electrons. The first-order valence-corrected chi connectivity index (χ1v) is 8.61. The first kappa shape index (κ1) is 15.1.